The SMILES string of the molecule is CCCc1ccc(C(Cl)c2cc(Cl)cc(Br)c2)cc1. The van der Waals surface area contributed by atoms with Crippen LogP contribution in [-0.4, -0.2) is 0 Å². The summed E-state index contributed by atoms with van der Waals surface area (Å²) in [6.45, 7) is 2.18. The molecule has 0 aliphatic rings. The van der Waals surface area contributed by atoms with E-state index in [0.717, 1.165) is 28.4 Å². The van der Waals surface area contributed by atoms with Gasteiger partial charge >= 0.3 is 0 Å². The van der Waals surface area contributed by atoms with Gasteiger partial charge in [0.1, 0.15) is 0 Å². The van der Waals surface area contributed by atoms with Crippen LogP contribution in [0.5, 0.6) is 0 Å². The summed E-state index contributed by atoms with van der Waals surface area (Å²) < 4.78 is 0.947. The lowest BCUT2D eigenvalue weighted by atomic mass is 10.0. The number of rotatable bonds is 4. The van der Waals surface area contributed by atoms with Gasteiger partial charge in [0.25, 0.3) is 0 Å². The van der Waals surface area contributed by atoms with Crippen LogP contribution in [0.2, 0.25) is 5.02 Å². The maximum Gasteiger partial charge on any atom is 0.0836 e. The molecule has 1 atom stereocenters. The Kier molecular flexibility index (Phi) is 5.32. The van der Waals surface area contributed by atoms with Gasteiger partial charge in [0, 0.05) is 9.50 Å². The second-order valence-corrected chi connectivity index (χ2v) is 6.35. The number of benzene rings is 2. The molecule has 0 spiro atoms. The lowest BCUT2D eigenvalue weighted by molar-refractivity contribution is 0.920. The highest BCUT2D eigenvalue weighted by molar-refractivity contribution is 9.10. The van der Waals surface area contributed by atoms with Crippen molar-refractivity contribution in [1.29, 1.82) is 0 Å². The first-order valence-corrected chi connectivity index (χ1v) is 7.90. The van der Waals surface area contributed by atoms with Gasteiger partial charge in [-0.2, -0.15) is 0 Å². The zero-order valence-corrected chi connectivity index (χ0v) is 13.8. The summed E-state index contributed by atoms with van der Waals surface area (Å²) in [5, 5.41) is 0.517. The molecule has 0 aromatic heterocycles. The second kappa shape index (κ2) is 6.78. The summed E-state index contributed by atoms with van der Waals surface area (Å²) >= 11 is 16.0. The monoisotopic (exact) mass is 356 g/mol. The Balaban J connectivity index is 2.25. The zero-order valence-electron chi connectivity index (χ0n) is 10.7. The predicted molar refractivity (Wildman–Crippen MR) is 87.3 cm³/mol. The molecule has 0 heterocycles. The average Bonchev–Trinajstić information content (AvgIpc) is 2.38. The van der Waals surface area contributed by atoms with Crippen molar-refractivity contribution in [3.63, 3.8) is 0 Å². The highest BCUT2D eigenvalue weighted by Gasteiger charge is 2.12. The molecule has 0 aliphatic heterocycles. The fraction of sp³-hybridized carbons (Fsp3) is 0.250. The van der Waals surface area contributed by atoms with Gasteiger partial charge in [0.15, 0.2) is 0 Å². The summed E-state index contributed by atoms with van der Waals surface area (Å²) in [4.78, 5) is 0. The van der Waals surface area contributed by atoms with E-state index in [1.807, 2.05) is 18.2 Å². The van der Waals surface area contributed by atoms with E-state index in [0.29, 0.717) is 5.02 Å². The van der Waals surface area contributed by atoms with Gasteiger partial charge in [-0.1, -0.05) is 65.1 Å². The molecule has 0 amide bonds. The summed E-state index contributed by atoms with van der Waals surface area (Å²) in [5.74, 6) is 0. The molecule has 0 fully saturated rings. The number of aryl methyl sites for hydroxylation is 1. The van der Waals surface area contributed by atoms with Crippen molar-refractivity contribution >= 4 is 39.1 Å². The van der Waals surface area contributed by atoms with Crippen molar-refractivity contribution < 1.29 is 0 Å². The Hall–Kier alpha value is -0.500. The van der Waals surface area contributed by atoms with E-state index in [4.69, 9.17) is 23.2 Å². The standard InChI is InChI=1S/C16H15BrCl2/c1-2-3-11-4-6-12(7-5-11)16(19)13-8-14(17)10-15(18)9-13/h4-10,16H,2-3H2,1H3. The average molecular weight is 358 g/mol. The van der Waals surface area contributed by atoms with Crippen molar-refractivity contribution in [2.24, 2.45) is 0 Å². The molecule has 19 heavy (non-hydrogen) atoms. The first-order valence-electron chi connectivity index (χ1n) is 6.29. The van der Waals surface area contributed by atoms with Crippen molar-refractivity contribution in [2.75, 3.05) is 0 Å². The fourth-order valence-corrected chi connectivity index (χ4v) is 3.21. The third-order valence-corrected chi connectivity index (χ3v) is 4.17. The summed E-state index contributed by atoms with van der Waals surface area (Å²) in [5.41, 5.74) is 3.45. The molecule has 3 heteroatoms. The van der Waals surface area contributed by atoms with Crippen LogP contribution in [0, 0.1) is 0 Å². The van der Waals surface area contributed by atoms with Crippen LogP contribution >= 0.6 is 39.1 Å². The molecular formula is C16H15BrCl2. The van der Waals surface area contributed by atoms with Crippen molar-refractivity contribution in [3.8, 4) is 0 Å². The van der Waals surface area contributed by atoms with Gasteiger partial charge in [0.05, 0.1) is 5.38 Å². The third-order valence-electron chi connectivity index (χ3n) is 2.99. The van der Waals surface area contributed by atoms with E-state index in [2.05, 4.69) is 47.1 Å². The van der Waals surface area contributed by atoms with E-state index in [-0.39, 0.29) is 5.38 Å². The second-order valence-electron chi connectivity index (χ2n) is 4.56. The molecule has 2 aromatic carbocycles. The number of alkyl halides is 1. The zero-order chi connectivity index (χ0) is 13.8. The Labute approximate surface area is 132 Å². The maximum absolute atomic E-state index is 6.53. The number of hydrogen-bond donors (Lipinski definition) is 0. The Morgan fingerprint density at radius 2 is 1.74 bits per heavy atom. The molecular weight excluding hydrogens is 343 g/mol. The van der Waals surface area contributed by atoms with E-state index in [1.165, 1.54) is 5.56 Å². The molecule has 0 saturated carbocycles. The van der Waals surface area contributed by atoms with Crippen molar-refractivity contribution in [2.45, 2.75) is 25.1 Å². The summed E-state index contributed by atoms with van der Waals surface area (Å²) in [7, 11) is 0. The van der Waals surface area contributed by atoms with E-state index in [9.17, 15) is 0 Å². The van der Waals surface area contributed by atoms with Gasteiger partial charge in [-0.05, 0) is 41.3 Å². The normalized spacial score (nSPS) is 12.4. The number of hydrogen-bond acceptors (Lipinski definition) is 0. The van der Waals surface area contributed by atoms with Gasteiger partial charge < -0.3 is 0 Å². The quantitative estimate of drug-likeness (QED) is 0.556. The van der Waals surface area contributed by atoms with Crippen LogP contribution in [0.3, 0.4) is 0 Å². The maximum atomic E-state index is 6.53. The number of halogens is 3. The first kappa shape index (κ1) is 14.9. The molecule has 0 nitrogen and oxygen atoms in total. The van der Waals surface area contributed by atoms with Crippen LogP contribution in [-0.2, 0) is 6.42 Å². The molecule has 0 radical (unpaired) electrons. The van der Waals surface area contributed by atoms with E-state index < -0.39 is 0 Å². The lowest BCUT2D eigenvalue weighted by Gasteiger charge is -2.12. The van der Waals surface area contributed by atoms with Crippen LogP contribution in [0.25, 0.3) is 0 Å². The highest BCUT2D eigenvalue weighted by Crippen LogP contribution is 2.32. The Morgan fingerprint density at radius 3 is 2.32 bits per heavy atom. The minimum absolute atomic E-state index is 0.175. The van der Waals surface area contributed by atoms with Gasteiger partial charge in [0.2, 0.25) is 0 Å². The first-order chi connectivity index (χ1) is 9.10. The molecule has 0 bridgehead atoms. The Bertz CT molecular complexity index is 529. The van der Waals surface area contributed by atoms with Crippen molar-refractivity contribution in [3.05, 3.63) is 68.7 Å². The third kappa shape index (κ3) is 3.98. The fourth-order valence-electron chi connectivity index (χ4n) is 2.06. The van der Waals surface area contributed by atoms with Crippen LogP contribution in [0.1, 0.15) is 35.4 Å². The van der Waals surface area contributed by atoms with E-state index >= 15 is 0 Å². The molecule has 1 unspecified atom stereocenters. The summed E-state index contributed by atoms with van der Waals surface area (Å²) in [6, 6.07) is 14.3. The molecule has 0 aliphatic carbocycles. The largest absolute Gasteiger partial charge is 0.113 e. The van der Waals surface area contributed by atoms with E-state index in [1.54, 1.807) is 0 Å². The predicted octanol–water partition coefficient (Wildman–Crippen LogP) is 6.38. The molecule has 2 rings (SSSR count). The summed E-state index contributed by atoms with van der Waals surface area (Å²) in [6.07, 6.45) is 2.26. The van der Waals surface area contributed by atoms with Gasteiger partial charge in [-0.15, -0.1) is 11.6 Å². The Morgan fingerprint density at radius 1 is 1.05 bits per heavy atom. The topological polar surface area (TPSA) is 0 Å². The van der Waals surface area contributed by atoms with Gasteiger partial charge in [-0.25, -0.2) is 0 Å². The molecule has 2 aromatic rings. The lowest BCUT2D eigenvalue weighted by Crippen LogP contribution is -1.94. The minimum Gasteiger partial charge on any atom is -0.113 e. The molecule has 0 N–H and O–H groups in total. The van der Waals surface area contributed by atoms with Crippen molar-refractivity contribution in [1.82, 2.24) is 0 Å². The van der Waals surface area contributed by atoms with Gasteiger partial charge in [-0.3, -0.25) is 0 Å². The van der Waals surface area contributed by atoms with Crippen LogP contribution in [0.15, 0.2) is 46.9 Å². The highest BCUT2D eigenvalue weighted by atomic mass is 79.9. The molecule has 100 valence electrons. The smallest absolute Gasteiger partial charge is 0.0836 e. The van der Waals surface area contributed by atoms with Crippen LogP contribution < -0.4 is 0 Å². The minimum atomic E-state index is -0.175. The van der Waals surface area contributed by atoms with Crippen LogP contribution in [0.4, 0.5) is 0 Å². The molecule has 0 saturated heterocycles.